The number of hydrogen-bond donors (Lipinski definition) is 1. The highest BCUT2D eigenvalue weighted by Crippen LogP contribution is 2.34. The van der Waals surface area contributed by atoms with E-state index in [1.54, 1.807) is 74.7 Å². The van der Waals surface area contributed by atoms with Crippen molar-refractivity contribution in [1.82, 2.24) is 5.32 Å². The summed E-state index contributed by atoms with van der Waals surface area (Å²) >= 11 is 0. The summed E-state index contributed by atoms with van der Waals surface area (Å²) in [5, 5.41) is 2.86. The van der Waals surface area contributed by atoms with Crippen LogP contribution in [0.5, 0.6) is 17.2 Å². The molecule has 0 aliphatic rings. The maximum atomic E-state index is 12.7. The van der Waals surface area contributed by atoms with Crippen LogP contribution in [0.25, 0.3) is 0 Å². The molecule has 0 saturated carbocycles. The van der Waals surface area contributed by atoms with Crippen molar-refractivity contribution in [3.63, 3.8) is 0 Å². The van der Waals surface area contributed by atoms with Gasteiger partial charge in [-0.2, -0.15) is 0 Å². The molecule has 8 heteroatoms. The van der Waals surface area contributed by atoms with Crippen LogP contribution in [0.2, 0.25) is 0 Å². The van der Waals surface area contributed by atoms with Crippen molar-refractivity contribution in [2.75, 3.05) is 13.7 Å². The maximum absolute atomic E-state index is 12.7. The van der Waals surface area contributed by atoms with Crippen LogP contribution in [0.15, 0.2) is 78.0 Å². The molecule has 8 nitrogen and oxygen atoms in total. The van der Waals surface area contributed by atoms with Crippen molar-refractivity contribution >= 4 is 18.3 Å². The predicted molar refractivity (Wildman–Crippen MR) is 123 cm³/mol. The normalized spacial score (nSPS) is 11.3. The summed E-state index contributed by atoms with van der Waals surface area (Å²) < 4.78 is 11.9. The molecule has 2 aromatic rings. The summed E-state index contributed by atoms with van der Waals surface area (Å²) in [5.41, 5.74) is 0.0504. The van der Waals surface area contributed by atoms with E-state index in [0.717, 1.165) is 5.57 Å². The van der Waals surface area contributed by atoms with Crippen molar-refractivity contribution < 1.29 is 24.0 Å². The Hall–Kier alpha value is -3.94. The van der Waals surface area contributed by atoms with Gasteiger partial charge in [-0.15, -0.1) is 0 Å². The van der Waals surface area contributed by atoms with E-state index in [1.165, 1.54) is 7.11 Å². The van der Waals surface area contributed by atoms with Gasteiger partial charge < -0.3 is 14.8 Å². The van der Waals surface area contributed by atoms with E-state index in [0.29, 0.717) is 40.8 Å². The largest absolute Gasteiger partial charge is 0.474 e. The number of aliphatic imine (C=N–C) groups is 1. The molecule has 0 bridgehead atoms. The van der Waals surface area contributed by atoms with Gasteiger partial charge >= 0.3 is 5.69 Å². The predicted octanol–water partition coefficient (Wildman–Crippen LogP) is 4.88. The molecule has 1 N–H and O–H groups in total. The number of ether oxygens (including phenoxy) is 2. The zero-order valence-corrected chi connectivity index (χ0v) is 18.5. The highest BCUT2D eigenvalue weighted by atomic mass is 16.8. The molecule has 2 rings (SSSR count). The number of allylic oxidation sites excluding steroid dienone is 1. The molecule has 1 amide bonds. The van der Waals surface area contributed by atoms with Gasteiger partial charge in [0.2, 0.25) is 0 Å². The fourth-order valence-corrected chi connectivity index (χ4v) is 2.68. The first-order valence-electron chi connectivity index (χ1n) is 9.93. The highest BCUT2D eigenvalue weighted by molar-refractivity contribution is 5.84. The lowest BCUT2D eigenvalue weighted by molar-refractivity contribution is -0.736. The van der Waals surface area contributed by atoms with E-state index in [9.17, 15) is 9.70 Å². The number of nitrogens with one attached hydrogen (secondary N) is 1. The average molecular weight is 439 g/mol. The van der Waals surface area contributed by atoms with Gasteiger partial charge in [0.05, 0.1) is 4.91 Å². The minimum absolute atomic E-state index is 0.276. The van der Waals surface area contributed by atoms with Crippen molar-refractivity contribution in [2.24, 2.45) is 4.99 Å². The number of carbonyl (C=O) groups is 1. The van der Waals surface area contributed by atoms with Crippen molar-refractivity contribution in [3.05, 3.63) is 77.9 Å². The Kier molecular flexibility index (Phi) is 8.71. The molecule has 0 radical (unpaired) electrons. The number of carbonyl (C=O) groups excluding carboxylic acids is 1. The Bertz CT molecular complexity index is 997. The standard InChI is InChI=1S/C24H27N3O5/c1-6-18(17-25-4)15-16-26-23(28)24(2,3)32-22-10-8-7-9-21(22)31-20-13-11-19(12-14-20)27(29)30-5/h6-14,17H,1,4,15-16H2,2-3,5H3/p+1/b18-17+. The van der Waals surface area contributed by atoms with Crippen molar-refractivity contribution in [3.8, 4) is 17.2 Å². The van der Waals surface area contributed by atoms with Gasteiger partial charge in [-0.3, -0.25) is 9.79 Å². The Morgan fingerprint density at radius 1 is 1.16 bits per heavy atom. The van der Waals surface area contributed by atoms with Crippen LogP contribution in [0, 0.1) is 4.91 Å². The lowest BCUT2D eigenvalue weighted by Gasteiger charge is -2.26. The van der Waals surface area contributed by atoms with Crippen LogP contribution in [0.1, 0.15) is 20.3 Å². The Morgan fingerprint density at radius 3 is 2.41 bits per heavy atom. The third-order valence-electron chi connectivity index (χ3n) is 4.42. The molecule has 2 aromatic carbocycles. The number of benzene rings is 2. The summed E-state index contributed by atoms with van der Waals surface area (Å²) in [6.07, 6.45) is 3.85. The second kappa shape index (κ2) is 11.5. The average Bonchev–Trinajstić information content (AvgIpc) is 2.79. The molecule has 0 fully saturated rings. The monoisotopic (exact) mass is 438 g/mol. The van der Waals surface area contributed by atoms with E-state index >= 15 is 0 Å². The molecule has 0 unspecified atom stereocenters. The molecule has 32 heavy (non-hydrogen) atoms. The van der Waals surface area contributed by atoms with Gasteiger partial charge in [-0.1, -0.05) is 24.8 Å². The molecule has 0 spiro atoms. The van der Waals surface area contributed by atoms with Gasteiger partial charge in [-0.25, -0.2) is 4.84 Å². The van der Waals surface area contributed by atoms with Gasteiger partial charge in [0, 0.05) is 24.9 Å². The van der Waals surface area contributed by atoms with Gasteiger partial charge in [0.15, 0.2) is 24.2 Å². The summed E-state index contributed by atoms with van der Waals surface area (Å²) in [5.74, 6) is 1.06. The number of rotatable bonds is 12. The second-order valence-corrected chi connectivity index (χ2v) is 7.19. The van der Waals surface area contributed by atoms with Crippen molar-refractivity contribution in [2.45, 2.75) is 25.9 Å². The molecule has 0 aliphatic heterocycles. The molecule has 168 valence electrons. The number of hydrogen-bond acceptors (Lipinski definition) is 6. The van der Waals surface area contributed by atoms with E-state index in [1.807, 2.05) is 0 Å². The first-order chi connectivity index (χ1) is 15.3. The third kappa shape index (κ3) is 6.80. The minimum Gasteiger partial charge on any atom is -0.474 e. The van der Waals surface area contributed by atoms with E-state index in [4.69, 9.17) is 9.47 Å². The van der Waals surface area contributed by atoms with E-state index in [2.05, 4.69) is 28.4 Å². The Labute approximate surface area is 187 Å². The molecular formula is C24H28N3O5+. The fraction of sp³-hybridized carbons (Fsp3) is 0.250. The fourth-order valence-electron chi connectivity index (χ4n) is 2.68. The quantitative estimate of drug-likeness (QED) is 0.290. The lowest BCUT2D eigenvalue weighted by atomic mass is 10.1. The van der Waals surface area contributed by atoms with Crippen LogP contribution in [-0.4, -0.2) is 36.8 Å². The third-order valence-corrected chi connectivity index (χ3v) is 4.42. The molecular weight excluding hydrogens is 410 g/mol. The second-order valence-electron chi connectivity index (χ2n) is 7.19. The first kappa shape index (κ1) is 24.3. The summed E-state index contributed by atoms with van der Waals surface area (Å²) in [7, 11) is 1.29. The SMILES string of the molecule is C=C/C(=C\N=C)CCNC(=O)C(C)(C)Oc1ccccc1Oc1ccc([N+](=O)OC)cc1. The summed E-state index contributed by atoms with van der Waals surface area (Å²) in [6.45, 7) is 10.9. The molecule has 0 atom stereocenters. The van der Waals surface area contributed by atoms with E-state index < -0.39 is 5.60 Å². The van der Waals surface area contributed by atoms with Crippen LogP contribution < -0.4 is 14.8 Å². The Balaban J connectivity index is 2.06. The van der Waals surface area contributed by atoms with Crippen LogP contribution in [0.3, 0.4) is 0 Å². The summed E-state index contributed by atoms with van der Waals surface area (Å²) in [4.78, 5) is 32.9. The zero-order chi connectivity index (χ0) is 23.6. The zero-order valence-electron chi connectivity index (χ0n) is 18.5. The van der Waals surface area contributed by atoms with Gasteiger partial charge in [-0.05, 0) is 56.8 Å². The first-order valence-corrected chi connectivity index (χ1v) is 9.93. The van der Waals surface area contributed by atoms with Crippen LogP contribution >= 0.6 is 0 Å². The van der Waals surface area contributed by atoms with Gasteiger partial charge in [0.1, 0.15) is 5.75 Å². The number of nitrogens with zero attached hydrogens (tertiary/aromatic N) is 2. The van der Waals surface area contributed by atoms with Crippen LogP contribution in [0.4, 0.5) is 5.69 Å². The topological polar surface area (TPSA) is 89.2 Å². The molecule has 0 aliphatic carbocycles. The number of amides is 1. The minimum atomic E-state index is -1.15. The number of para-hydroxylation sites is 2. The Morgan fingerprint density at radius 2 is 1.81 bits per heavy atom. The maximum Gasteiger partial charge on any atom is 0.317 e. The van der Waals surface area contributed by atoms with Crippen molar-refractivity contribution in [1.29, 1.82) is 0 Å². The summed E-state index contributed by atoms with van der Waals surface area (Å²) in [6, 6.07) is 13.4. The molecule has 0 saturated heterocycles. The molecule has 0 heterocycles. The smallest absolute Gasteiger partial charge is 0.317 e. The van der Waals surface area contributed by atoms with Crippen LogP contribution in [-0.2, 0) is 9.63 Å². The van der Waals surface area contributed by atoms with Gasteiger partial charge in [0.25, 0.3) is 10.8 Å². The van der Waals surface area contributed by atoms with E-state index in [-0.39, 0.29) is 5.91 Å². The lowest BCUT2D eigenvalue weighted by Crippen LogP contribution is -2.46. The highest BCUT2D eigenvalue weighted by Gasteiger charge is 2.30. The molecule has 0 aromatic heterocycles.